The van der Waals surface area contributed by atoms with Gasteiger partial charge in [0.25, 0.3) is 5.91 Å². The highest BCUT2D eigenvalue weighted by Crippen LogP contribution is 2.38. The summed E-state index contributed by atoms with van der Waals surface area (Å²) in [5.74, 6) is 0.972. The SMILES string of the molecule is NC(=O)COc1ccc(CNC2CCOC2C2CC2)cc1. The Bertz CT molecular complexity index is 485. The summed E-state index contributed by atoms with van der Waals surface area (Å²) in [6.07, 6.45) is 4.13. The quantitative estimate of drug-likeness (QED) is 0.791. The molecule has 0 spiro atoms. The first-order valence-electron chi connectivity index (χ1n) is 7.57. The third-order valence-corrected chi connectivity index (χ3v) is 4.10. The third kappa shape index (κ3) is 3.95. The number of hydrogen-bond acceptors (Lipinski definition) is 4. The van der Waals surface area contributed by atoms with Crippen molar-refractivity contribution in [3.63, 3.8) is 0 Å². The van der Waals surface area contributed by atoms with E-state index in [1.165, 1.54) is 18.4 Å². The first kappa shape index (κ1) is 14.4. The minimum atomic E-state index is -0.465. The van der Waals surface area contributed by atoms with Gasteiger partial charge in [0, 0.05) is 19.2 Å². The van der Waals surface area contributed by atoms with Crippen molar-refractivity contribution in [3.8, 4) is 5.75 Å². The van der Waals surface area contributed by atoms with Gasteiger partial charge in [-0.3, -0.25) is 4.79 Å². The molecule has 1 aromatic rings. The number of hydrogen-bond donors (Lipinski definition) is 2. The molecule has 1 amide bonds. The molecule has 2 unspecified atom stereocenters. The van der Waals surface area contributed by atoms with Crippen LogP contribution in [0.4, 0.5) is 0 Å². The van der Waals surface area contributed by atoms with Crippen LogP contribution >= 0.6 is 0 Å². The zero-order chi connectivity index (χ0) is 14.7. The van der Waals surface area contributed by atoms with Crippen molar-refractivity contribution in [2.75, 3.05) is 13.2 Å². The van der Waals surface area contributed by atoms with E-state index in [1.54, 1.807) is 0 Å². The topological polar surface area (TPSA) is 73.6 Å². The van der Waals surface area contributed by atoms with Crippen LogP contribution in [0.15, 0.2) is 24.3 Å². The van der Waals surface area contributed by atoms with Crippen molar-refractivity contribution in [1.82, 2.24) is 5.32 Å². The van der Waals surface area contributed by atoms with Gasteiger partial charge in [-0.05, 0) is 42.9 Å². The first-order chi connectivity index (χ1) is 10.2. The highest BCUT2D eigenvalue weighted by Gasteiger charge is 2.40. The summed E-state index contributed by atoms with van der Waals surface area (Å²) in [4.78, 5) is 10.7. The summed E-state index contributed by atoms with van der Waals surface area (Å²) in [6, 6.07) is 8.21. The van der Waals surface area contributed by atoms with Gasteiger partial charge in [-0.2, -0.15) is 0 Å². The van der Waals surface area contributed by atoms with E-state index in [2.05, 4.69) is 5.32 Å². The number of benzene rings is 1. The average Bonchev–Trinajstić information content (AvgIpc) is 3.23. The molecule has 0 aromatic heterocycles. The van der Waals surface area contributed by atoms with E-state index in [1.807, 2.05) is 24.3 Å². The minimum Gasteiger partial charge on any atom is -0.484 e. The standard InChI is InChI=1S/C16H22N2O3/c17-15(19)10-21-13-5-1-11(2-6-13)9-18-14-7-8-20-16(14)12-3-4-12/h1-2,5-6,12,14,16,18H,3-4,7-10H2,(H2,17,19). The van der Waals surface area contributed by atoms with Gasteiger partial charge in [-0.1, -0.05) is 12.1 Å². The molecular formula is C16H22N2O3. The van der Waals surface area contributed by atoms with Crippen LogP contribution in [0.3, 0.4) is 0 Å². The Hall–Kier alpha value is -1.59. The highest BCUT2D eigenvalue weighted by atomic mass is 16.5. The Morgan fingerprint density at radius 3 is 2.71 bits per heavy atom. The molecule has 114 valence electrons. The number of primary amides is 1. The van der Waals surface area contributed by atoms with Gasteiger partial charge in [0.05, 0.1) is 6.10 Å². The molecule has 1 aromatic carbocycles. The summed E-state index contributed by atoms with van der Waals surface area (Å²) >= 11 is 0. The van der Waals surface area contributed by atoms with Crippen molar-refractivity contribution < 1.29 is 14.3 Å². The van der Waals surface area contributed by atoms with E-state index in [9.17, 15) is 4.79 Å². The summed E-state index contributed by atoms with van der Waals surface area (Å²) in [7, 11) is 0. The summed E-state index contributed by atoms with van der Waals surface area (Å²) < 4.78 is 11.1. The number of rotatable bonds is 7. The van der Waals surface area contributed by atoms with E-state index in [4.69, 9.17) is 15.2 Å². The Balaban J connectivity index is 1.47. The molecule has 2 atom stereocenters. The smallest absolute Gasteiger partial charge is 0.255 e. The number of carbonyl (C=O) groups excluding carboxylic acids is 1. The fourth-order valence-electron chi connectivity index (χ4n) is 2.83. The minimum absolute atomic E-state index is 0.0833. The predicted molar refractivity (Wildman–Crippen MR) is 78.8 cm³/mol. The maximum atomic E-state index is 10.7. The number of nitrogens with two attached hydrogens (primary N) is 1. The van der Waals surface area contributed by atoms with Crippen molar-refractivity contribution in [3.05, 3.63) is 29.8 Å². The maximum absolute atomic E-state index is 10.7. The van der Waals surface area contributed by atoms with Crippen LogP contribution in [0, 0.1) is 5.92 Å². The monoisotopic (exact) mass is 290 g/mol. The number of ether oxygens (including phenoxy) is 2. The van der Waals surface area contributed by atoms with Gasteiger partial charge in [0.1, 0.15) is 5.75 Å². The lowest BCUT2D eigenvalue weighted by atomic mass is 10.1. The summed E-state index contributed by atoms with van der Waals surface area (Å²) in [6.45, 7) is 1.62. The van der Waals surface area contributed by atoms with Crippen LogP contribution in [0.25, 0.3) is 0 Å². The molecule has 3 rings (SSSR count). The molecule has 5 nitrogen and oxygen atoms in total. The van der Waals surface area contributed by atoms with Crippen LogP contribution in [-0.2, 0) is 16.1 Å². The lowest BCUT2D eigenvalue weighted by molar-refractivity contribution is -0.119. The van der Waals surface area contributed by atoms with Crippen molar-refractivity contribution in [1.29, 1.82) is 0 Å². The molecule has 5 heteroatoms. The third-order valence-electron chi connectivity index (χ3n) is 4.10. The van der Waals surface area contributed by atoms with Gasteiger partial charge >= 0.3 is 0 Å². The van der Waals surface area contributed by atoms with E-state index in [0.29, 0.717) is 17.9 Å². The van der Waals surface area contributed by atoms with Crippen LogP contribution in [0.1, 0.15) is 24.8 Å². The molecule has 1 aliphatic carbocycles. The Kier molecular flexibility index (Phi) is 4.41. The molecule has 0 bridgehead atoms. The molecule has 2 aliphatic rings. The normalized spacial score (nSPS) is 25.0. The van der Waals surface area contributed by atoms with Gasteiger partial charge in [0.15, 0.2) is 6.61 Å². The highest BCUT2D eigenvalue weighted by molar-refractivity contribution is 5.75. The lowest BCUT2D eigenvalue weighted by Gasteiger charge is -2.19. The Morgan fingerprint density at radius 2 is 2.05 bits per heavy atom. The van der Waals surface area contributed by atoms with Crippen molar-refractivity contribution in [2.24, 2.45) is 11.7 Å². The molecule has 1 saturated carbocycles. The van der Waals surface area contributed by atoms with E-state index in [0.717, 1.165) is 25.5 Å². The molecule has 0 radical (unpaired) electrons. The molecule has 1 aliphatic heterocycles. The van der Waals surface area contributed by atoms with Gasteiger partial charge < -0.3 is 20.5 Å². The second-order valence-corrected chi connectivity index (χ2v) is 5.85. The fourth-order valence-corrected chi connectivity index (χ4v) is 2.83. The number of nitrogens with one attached hydrogen (secondary N) is 1. The largest absolute Gasteiger partial charge is 0.484 e. The molecule has 1 heterocycles. The molecule has 21 heavy (non-hydrogen) atoms. The summed E-state index contributed by atoms with van der Waals surface area (Å²) in [5, 5.41) is 3.60. The van der Waals surface area contributed by atoms with E-state index < -0.39 is 5.91 Å². The van der Waals surface area contributed by atoms with Gasteiger partial charge in [-0.15, -0.1) is 0 Å². The molecule has 1 saturated heterocycles. The van der Waals surface area contributed by atoms with E-state index >= 15 is 0 Å². The zero-order valence-electron chi connectivity index (χ0n) is 12.1. The Morgan fingerprint density at radius 1 is 1.29 bits per heavy atom. The Labute approximate surface area is 124 Å². The molecule has 2 fully saturated rings. The van der Waals surface area contributed by atoms with Crippen LogP contribution in [0.5, 0.6) is 5.75 Å². The maximum Gasteiger partial charge on any atom is 0.255 e. The van der Waals surface area contributed by atoms with Crippen LogP contribution in [0.2, 0.25) is 0 Å². The fraction of sp³-hybridized carbons (Fsp3) is 0.562. The van der Waals surface area contributed by atoms with Crippen LogP contribution in [-0.4, -0.2) is 31.3 Å². The van der Waals surface area contributed by atoms with Crippen molar-refractivity contribution >= 4 is 5.91 Å². The predicted octanol–water partition coefficient (Wildman–Crippen LogP) is 1.21. The number of amides is 1. The second-order valence-electron chi connectivity index (χ2n) is 5.85. The van der Waals surface area contributed by atoms with Crippen LogP contribution < -0.4 is 15.8 Å². The zero-order valence-corrected chi connectivity index (χ0v) is 12.1. The second kappa shape index (κ2) is 6.45. The summed E-state index contributed by atoms with van der Waals surface area (Å²) in [5.41, 5.74) is 6.24. The lowest BCUT2D eigenvalue weighted by Crippen LogP contribution is -2.37. The number of carbonyl (C=O) groups is 1. The van der Waals surface area contributed by atoms with Gasteiger partial charge in [-0.25, -0.2) is 0 Å². The van der Waals surface area contributed by atoms with Gasteiger partial charge in [0.2, 0.25) is 0 Å². The van der Waals surface area contributed by atoms with E-state index in [-0.39, 0.29) is 6.61 Å². The average molecular weight is 290 g/mol. The first-order valence-corrected chi connectivity index (χ1v) is 7.57. The van der Waals surface area contributed by atoms with Crippen molar-refractivity contribution in [2.45, 2.75) is 38.0 Å². The molecular weight excluding hydrogens is 268 g/mol. The molecule has 3 N–H and O–H groups in total.